The third kappa shape index (κ3) is 2.57. The number of amides is 1. The summed E-state index contributed by atoms with van der Waals surface area (Å²) in [5, 5.41) is 0.965. The van der Waals surface area contributed by atoms with Crippen LogP contribution in [0.1, 0.15) is 10.4 Å². The van der Waals surface area contributed by atoms with Crippen LogP contribution >= 0.6 is 0 Å². The highest BCUT2D eigenvalue weighted by molar-refractivity contribution is 6.01. The van der Waals surface area contributed by atoms with Gasteiger partial charge in [0.25, 0.3) is 11.5 Å². The van der Waals surface area contributed by atoms with Gasteiger partial charge >= 0.3 is 5.63 Å². The Kier molecular flexibility index (Phi) is 3.39. The number of benzene rings is 2. The van der Waals surface area contributed by atoms with Crippen LogP contribution < -0.4 is 16.6 Å². The Morgan fingerprint density at radius 1 is 1.04 bits per heavy atom. The lowest BCUT2D eigenvalue weighted by Gasteiger charge is -2.08. The molecule has 122 valence electrons. The summed E-state index contributed by atoms with van der Waals surface area (Å²) in [6.07, 6.45) is 1.20. The number of carbonyl (C=O) groups is 1. The van der Waals surface area contributed by atoms with Gasteiger partial charge in [0.1, 0.15) is 17.5 Å². The van der Waals surface area contributed by atoms with E-state index >= 15 is 0 Å². The minimum absolute atomic E-state index is 0.196. The lowest BCUT2D eigenvalue weighted by molar-refractivity contribution is 0.100. The first-order valence-electron chi connectivity index (χ1n) is 7.44. The van der Waals surface area contributed by atoms with Gasteiger partial charge in [0.2, 0.25) is 0 Å². The Hall–Kier alpha value is -3.74. The third-order valence-electron chi connectivity index (χ3n) is 3.77. The summed E-state index contributed by atoms with van der Waals surface area (Å²) < 4.78 is 6.08. The molecule has 2 aromatic carbocycles. The van der Waals surface area contributed by atoms with Gasteiger partial charge in [-0.1, -0.05) is 30.3 Å². The van der Waals surface area contributed by atoms with Crippen LogP contribution in [0.15, 0.2) is 74.9 Å². The van der Waals surface area contributed by atoms with Crippen LogP contribution in [0.25, 0.3) is 21.9 Å². The van der Waals surface area contributed by atoms with E-state index in [1.165, 1.54) is 12.4 Å². The molecule has 0 aliphatic rings. The summed E-state index contributed by atoms with van der Waals surface area (Å²) in [7, 11) is 0. The maximum atomic E-state index is 12.4. The van der Waals surface area contributed by atoms with E-state index in [2.05, 4.69) is 10.4 Å². The standard InChI is InChI=1S/C18H11N3O4/c22-16(13-9-11-5-1-4-8-15(11)25-18(13)24)20-21-10-19-14-7-3-2-6-12(14)17(21)23/h1-10H,(H,20,22). The molecule has 0 bridgehead atoms. The van der Waals surface area contributed by atoms with Crippen LogP contribution in [0, 0.1) is 0 Å². The Balaban J connectivity index is 1.76. The zero-order valence-corrected chi connectivity index (χ0v) is 12.8. The van der Waals surface area contributed by atoms with Gasteiger partial charge in [0, 0.05) is 5.39 Å². The lowest BCUT2D eigenvalue weighted by atomic mass is 10.2. The van der Waals surface area contributed by atoms with Crippen molar-refractivity contribution in [3.8, 4) is 0 Å². The molecule has 4 rings (SSSR count). The molecule has 7 heteroatoms. The Morgan fingerprint density at radius 3 is 2.68 bits per heavy atom. The van der Waals surface area contributed by atoms with Crippen molar-refractivity contribution < 1.29 is 9.21 Å². The monoisotopic (exact) mass is 333 g/mol. The number of aromatic nitrogens is 2. The quantitative estimate of drug-likeness (QED) is 0.565. The number of carbonyl (C=O) groups excluding carboxylic acids is 1. The molecule has 0 radical (unpaired) electrons. The first kappa shape index (κ1) is 14.8. The fraction of sp³-hybridized carbons (Fsp3) is 0. The van der Waals surface area contributed by atoms with Gasteiger partial charge in [-0.3, -0.25) is 15.0 Å². The van der Waals surface area contributed by atoms with Gasteiger partial charge in [0.05, 0.1) is 10.9 Å². The molecule has 0 saturated carbocycles. The summed E-state index contributed by atoms with van der Waals surface area (Å²) in [6.45, 7) is 0. The highest BCUT2D eigenvalue weighted by atomic mass is 16.4. The van der Waals surface area contributed by atoms with Gasteiger partial charge in [-0.15, -0.1) is 0 Å². The summed E-state index contributed by atoms with van der Waals surface area (Å²) in [5.74, 6) is -0.751. The van der Waals surface area contributed by atoms with Crippen LogP contribution in [0.4, 0.5) is 0 Å². The zero-order valence-electron chi connectivity index (χ0n) is 12.8. The fourth-order valence-electron chi connectivity index (χ4n) is 2.54. The van der Waals surface area contributed by atoms with Crippen LogP contribution in [-0.2, 0) is 0 Å². The van der Waals surface area contributed by atoms with Crippen LogP contribution in [0.3, 0.4) is 0 Å². The Labute approximate surface area is 140 Å². The zero-order chi connectivity index (χ0) is 17.4. The second-order valence-electron chi connectivity index (χ2n) is 5.36. The number of nitrogens with zero attached hydrogens (tertiary/aromatic N) is 2. The second-order valence-corrected chi connectivity index (χ2v) is 5.36. The number of para-hydroxylation sites is 2. The van der Waals surface area contributed by atoms with Crippen molar-refractivity contribution in [3.63, 3.8) is 0 Å². The highest BCUT2D eigenvalue weighted by Gasteiger charge is 2.15. The van der Waals surface area contributed by atoms with Gasteiger partial charge in [0.15, 0.2) is 0 Å². The van der Waals surface area contributed by atoms with E-state index in [9.17, 15) is 14.4 Å². The van der Waals surface area contributed by atoms with E-state index in [0.29, 0.717) is 21.9 Å². The Morgan fingerprint density at radius 2 is 1.80 bits per heavy atom. The maximum absolute atomic E-state index is 12.4. The van der Waals surface area contributed by atoms with Crippen molar-refractivity contribution in [3.05, 3.63) is 87.3 Å². The van der Waals surface area contributed by atoms with Crippen LogP contribution in [-0.4, -0.2) is 15.6 Å². The number of hydrogen-bond acceptors (Lipinski definition) is 5. The molecule has 2 heterocycles. The van der Waals surface area contributed by atoms with Crippen molar-refractivity contribution in [1.29, 1.82) is 0 Å². The average molecular weight is 333 g/mol. The lowest BCUT2D eigenvalue weighted by Crippen LogP contribution is -2.35. The molecule has 0 atom stereocenters. The molecule has 0 unspecified atom stereocenters. The van der Waals surface area contributed by atoms with E-state index in [4.69, 9.17) is 4.42 Å². The molecular weight excluding hydrogens is 322 g/mol. The summed E-state index contributed by atoms with van der Waals surface area (Å²) in [4.78, 5) is 40.9. The third-order valence-corrected chi connectivity index (χ3v) is 3.77. The smallest absolute Gasteiger partial charge is 0.349 e. The molecule has 25 heavy (non-hydrogen) atoms. The molecule has 4 aromatic rings. The van der Waals surface area contributed by atoms with E-state index in [1.54, 1.807) is 48.5 Å². The molecule has 1 N–H and O–H groups in total. The van der Waals surface area contributed by atoms with Crippen LogP contribution in [0.2, 0.25) is 0 Å². The Bertz CT molecular complexity index is 1240. The normalized spacial score (nSPS) is 10.9. The van der Waals surface area contributed by atoms with Gasteiger partial charge in [-0.25, -0.2) is 14.5 Å². The van der Waals surface area contributed by atoms with E-state index < -0.39 is 17.1 Å². The van der Waals surface area contributed by atoms with Crippen molar-refractivity contribution in [2.24, 2.45) is 0 Å². The number of hydrogen-bond donors (Lipinski definition) is 1. The largest absolute Gasteiger partial charge is 0.422 e. The highest BCUT2D eigenvalue weighted by Crippen LogP contribution is 2.12. The molecule has 1 amide bonds. The molecule has 2 aromatic heterocycles. The van der Waals surface area contributed by atoms with E-state index in [1.807, 2.05) is 0 Å². The molecular formula is C18H11N3O4. The predicted molar refractivity (Wildman–Crippen MR) is 92.2 cm³/mol. The van der Waals surface area contributed by atoms with Crippen molar-refractivity contribution in [2.45, 2.75) is 0 Å². The van der Waals surface area contributed by atoms with E-state index in [0.717, 1.165) is 4.68 Å². The molecule has 0 spiro atoms. The van der Waals surface area contributed by atoms with Gasteiger partial charge < -0.3 is 4.42 Å². The molecule has 0 saturated heterocycles. The summed E-state index contributed by atoms with van der Waals surface area (Å²) in [5.41, 5.74) is 1.85. The molecule has 0 aliphatic heterocycles. The van der Waals surface area contributed by atoms with Gasteiger partial charge in [-0.2, -0.15) is 0 Å². The minimum atomic E-state index is -0.780. The molecule has 0 fully saturated rings. The maximum Gasteiger partial charge on any atom is 0.349 e. The SMILES string of the molecule is O=C(Nn1cnc2ccccc2c1=O)c1cc2ccccc2oc1=O. The summed E-state index contributed by atoms with van der Waals surface area (Å²) >= 11 is 0. The first-order valence-corrected chi connectivity index (χ1v) is 7.44. The number of nitrogens with one attached hydrogen (secondary N) is 1. The van der Waals surface area contributed by atoms with E-state index in [-0.39, 0.29) is 5.56 Å². The predicted octanol–water partition coefficient (Wildman–Crippen LogP) is 1.89. The number of rotatable bonds is 2. The van der Waals surface area contributed by atoms with Crippen molar-refractivity contribution in [2.75, 3.05) is 5.43 Å². The topological polar surface area (TPSA) is 94.2 Å². The molecule has 7 nitrogen and oxygen atoms in total. The minimum Gasteiger partial charge on any atom is -0.422 e. The first-order chi connectivity index (χ1) is 12.1. The second kappa shape index (κ2) is 5.72. The average Bonchev–Trinajstić information content (AvgIpc) is 2.63. The summed E-state index contributed by atoms with van der Waals surface area (Å²) in [6, 6.07) is 15.0. The molecule has 0 aliphatic carbocycles. The van der Waals surface area contributed by atoms with Crippen LogP contribution in [0.5, 0.6) is 0 Å². The fourth-order valence-corrected chi connectivity index (χ4v) is 2.54. The van der Waals surface area contributed by atoms with Crippen molar-refractivity contribution in [1.82, 2.24) is 9.66 Å². The van der Waals surface area contributed by atoms with Crippen molar-refractivity contribution >= 4 is 27.8 Å². The number of fused-ring (bicyclic) bond motifs is 2. The van der Waals surface area contributed by atoms with Gasteiger partial charge in [-0.05, 0) is 24.3 Å².